The maximum atomic E-state index is 12.1. The molecule has 2 aromatic carbocycles. The summed E-state index contributed by atoms with van der Waals surface area (Å²) in [6, 6.07) is 15.5. The maximum Gasteiger partial charge on any atom is 0.306 e. The molecule has 3 aromatic rings. The van der Waals surface area contributed by atoms with Gasteiger partial charge in [-0.15, -0.1) is 11.3 Å². The minimum atomic E-state index is -0.828. The number of esters is 1. The first-order chi connectivity index (χ1) is 13.5. The average molecular weight is 415 g/mol. The summed E-state index contributed by atoms with van der Waals surface area (Å²) in [5.74, 6) is 0.0799. The topological polar surface area (TPSA) is 68.3 Å². The summed E-state index contributed by atoms with van der Waals surface area (Å²) in [4.78, 5) is 28.7. The number of aryl methyl sites for hydroxylation is 1. The van der Waals surface area contributed by atoms with Gasteiger partial charge in [-0.05, 0) is 44.5 Å². The Morgan fingerprint density at radius 1 is 1.18 bits per heavy atom. The fourth-order valence-electron chi connectivity index (χ4n) is 2.48. The number of thiazole rings is 1. The molecule has 1 aromatic heterocycles. The number of benzene rings is 2. The summed E-state index contributed by atoms with van der Waals surface area (Å²) in [7, 11) is 0. The van der Waals surface area contributed by atoms with Crippen LogP contribution in [0.25, 0.3) is 10.2 Å². The summed E-state index contributed by atoms with van der Waals surface area (Å²) in [5, 5.41) is 2.75. The molecule has 0 bridgehead atoms. The molecule has 1 amide bonds. The van der Waals surface area contributed by atoms with Crippen LogP contribution in [0.3, 0.4) is 0 Å². The van der Waals surface area contributed by atoms with E-state index in [4.69, 9.17) is 4.74 Å². The highest BCUT2D eigenvalue weighted by Crippen LogP contribution is 2.29. The third-order valence-electron chi connectivity index (χ3n) is 4.02. The molecular formula is C21H22N2O3S2. The monoisotopic (exact) mass is 414 g/mol. The number of carbonyl (C=O) groups is 2. The zero-order valence-corrected chi connectivity index (χ0v) is 17.4. The van der Waals surface area contributed by atoms with Crippen LogP contribution in [0.5, 0.6) is 0 Å². The number of para-hydroxylation sites is 1. The van der Waals surface area contributed by atoms with Crippen LogP contribution >= 0.6 is 23.1 Å². The van der Waals surface area contributed by atoms with E-state index in [-0.39, 0.29) is 18.3 Å². The van der Waals surface area contributed by atoms with E-state index in [1.807, 2.05) is 49.4 Å². The van der Waals surface area contributed by atoms with Gasteiger partial charge in [-0.1, -0.05) is 41.6 Å². The molecule has 1 atom stereocenters. The predicted octanol–water partition coefficient (Wildman–Crippen LogP) is 5.05. The Balaban J connectivity index is 1.37. The van der Waals surface area contributed by atoms with Gasteiger partial charge in [-0.2, -0.15) is 0 Å². The highest BCUT2D eigenvalue weighted by atomic mass is 32.2. The number of aromatic nitrogens is 1. The van der Waals surface area contributed by atoms with Crippen LogP contribution in [0.4, 0.5) is 5.69 Å². The van der Waals surface area contributed by atoms with Gasteiger partial charge in [0.1, 0.15) is 0 Å². The van der Waals surface area contributed by atoms with Crippen molar-refractivity contribution in [2.45, 2.75) is 37.1 Å². The quantitative estimate of drug-likeness (QED) is 0.317. The number of rotatable bonds is 8. The normalized spacial score (nSPS) is 11.9. The summed E-state index contributed by atoms with van der Waals surface area (Å²) >= 11 is 3.29. The molecule has 0 radical (unpaired) electrons. The lowest BCUT2D eigenvalue weighted by Crippen LogP contribution is -2.29. The summed E-state index contributed by atoms with van der Waals surface area (Å²) in [5.41, 5.74) is 2.80. The highest BCUT2D eigenvalue weighted by Gasteiger charge is 2.17. The van der Waals surface area contributed by atoms with Crippen molar-refractivity contribution in [2.24, 2.45) is 0 Å². The zero-order chi connectivity index (χ0) is 19.9. The van der Waals surface area contributed by atoms with E-state index in [2.05, 4.69) is 16.4 Å². The van der Waals surface area contributed by atoms with E-state index in [9.17, 15) is 9.59 Å². The molecule has 0 aliphatic rings. The van der Waals surface area contributed by atoms with Crippen LogP contribution in [-0.2, 0) is 14.3 Å². The Morgan fingerprint density at radius 3 is 2.68 bits per heavy atom. The summed E-state index contributed by atoms with van der Waals surface area (Å²) in [6.07, 6.45) is 0.122. The number of nitrogens with zero attached hydrogens (tertiary/aromatic N) is 1. The molecule has 5 nitrogen and oxygen atoms in total. The number of hydrogen-bond acceptors (Lipinski definition) is 6. The maximum absolute atomic E-state index is 12.1. The van der Waals surface area contributed by atoms with Gasteiger partial charge in [0.2, 0.25) is 0 Å². The number of fused-ring (bicyclic) bond motifs is 1. The van der Waals surface area contributed by atoms with Crippen molar-refractivity contribution < 1.29 is 14.3 Å². The van der Waals surface area contributed by atoms with E-state index in [1.54, 1.807) is 30.0 Å². The minimum Gasteiger partial charge on any atom is -0.453 e. The van der Waals surface area contributed by atoms with Gasteiger partial charge < -0.3 is 10.1 Å². The Labute approximate surface area is 172 Å². The minimum absolute atomic E-state index is 0.278. The number of anilines is 1. The fourth-order valence-corrected chi connectivity index (χ4v) is 4.56. The molecule has 0 saturated carbocycles. The Kier molecular flexibility index (Phi) is 7.06. The highest BCUT2D eigenvalue weighted by molar-refractivity contribution is 8.01. The van der Waals surface area contributed by atoms with Gasteiger partial charge in [0.15, 0.2) is 10.4 Å². The first-order valence-electron chi connectivity index (χ1n) is 9.06. The van der Waals surface area contributed by atoms with Gasteiger partial charge in [-0.3, -0.25) is 9.59 Å². The first kappa shape index (κ1) is 20.4. The molecule has 7 heteroatoms. The first-order valence-corrected chi connectivity index (χ1v) is 10.9. The zero-order valence-electron chi connectivity index (χ0n) is 15.8. The second kappa shape index (κ2) is 9.71. The van der Waals surface area contributed by atoms with Crippen molar-refractivity contribution in [1.82, 2.24) is 4.98 Å². The molecular weight excluding hydrogens is 392 g/mol. The molecule has 0 aliphatic heterocycles. The molecule has 1 heterocycles. The standard InChI is InChI=1S/C21H22N2O3S2/c1-14-9-11-16(12-10-14)22-20(25)15(2)26-19(24)8-5-13-27-21-23-17-6-3-4-7-18(17)28-21/h3-4,6-7,9-12,15H,5,8,13H2,1-2H3,(H,22,25)/t15-/m0/s1. The number of amides is 1. The van der Waals surface area contributed by atoms with E-state index < -0.39 is 6.10 Å². The molecule has 0 saturated heterocycles. The van der Waals surface area contributed by atoms with Crippen LogP contribution in [0.1, 0.15) is 25.3 Å². The molecule has 28 heavy (non-hydrogen) atoms. The lowest BCUT2D eigenvalue weighted by atomic mass is 10.2. The number of thioether (sulfide) groups is 1. The van der Waals surface area contributed by atoms with Gasteiger partial charge in [0.25, 0.3) is 5.91 Å². The van der Waals surface area contributed by atoms with Gasteiger partial charge in [-0.25, -0.2) is 4.98 Å². The molecule has 0 spiro atoms. The van der Waals surface area contributed by atoms with Gasteiger partial charge in [0, 0.05) is 17.9 Å². The van der Waals surface area contributed by atoms with Crippen molar-refractivity contribution in [3.63, 3.8) is 0 Å². The van der Waals surface area contributed by atoms with Crippen LogP contribution in [0.15, 0.2) is 52.9 Å². The molecule has 0 unspecified atom stereocenters. The van der Waals surface area contributed by atoms with Crippen LogP contribution in [0, 0.1) is 6.92 Å². The van der Waals surface area contributed by atoms with E-state index in [0.29, 0.717) is 12.1 Å². The van der Waals surface area contributed by atoms with E-state index in [0.717, 1.165) is 25.9 Å². The van der Waals surface area contributed by atoms with E-state index >= 15 is 0 Å². The molecule has 0 aliphatic carbocycles. The fraction of sp³-hybridized carbons (Fsp3) is 0.286. The second-order valence-electron chi connectivity index (χ2n) is 6.39. The lowest BCUT2D eigenvalue weighted by Gasteiger charge is -2.13. The SMILES string of the molecule is Cc1ccc(NC(=O)[C@H](C)OC(=O)CCCSc2nc3ccccc3s2)cc1. The lowest BCUT2D eigenvalue weighted by molar-refractivity contribution is -0.153. The van der Waals surface area contributed by atoms with Crippen LogP contribution in [0.2, 0.25) is 0 Å². The second-order valence-corrected chi connectivity index (χ2v) is 8.76. The molecule has 0 fully saturated rings. The molecule has 3 rings (SSSR count). The van der Waals surface area contributed by atoms with Crippen molar-refractivity contribution in [2.75, 3.05) is 11.1 Å². The smallest absolute Gasteiger partial charge is 0.306 e. The Bertz CT molecular complexity index is 921. The van der Waals surface area contributed by atoms with Crippen molar-refractivity contribution in [1.29, 1.82) is 0 Å². The third-order valence-corrected chi connectivity index (χ3v) is 6.29. The largest absolute Gasteiger partial charge is 0.453 e. The number of ether oxygens (including phenoxy) is 1. The average Bonchev–Trinajstić information content (AvgIpc) is 3.10. The Morgan fingerprint density at radius 2 is 1.93 bits per heavy atom. The van der Waals surface area contributed by atoms with Crippen molar-refractivity contribution >= 4 is 50.9 Å². The molecule has 1 N–H and O–H groups in total. The number of nitrogens with one attached hydrogen (secondary N) is 1. The summed E-state index contributed by atoms with van der Waals surface area (Å²) in [6.45, 7) is 3.56. The van der Waals surface area contributed by atoms with Gasteiger partial charge >= 0.3 is 5.97 Å². The predicted molar refractivity (Wildman–Crippen MR) is 115 cm³/mol. The van der Waals surface area contributed by atoms with Crippen LogP contribution < -0.4 is 5.32 Å². The summed E-state index contributed by atoms with van der Waals surface area (Å²) < 4.78 is 7.40. The Hall–Kier alpha value is -2.38. The van der Waals surface area contributed by atoms with Crippen LogP contribution in [-0.4, -0.2) is 28.7 Å². The van der Waals surface area contributed by atoms with E-state index in [1.165, 1.54) is 0 Å². The van der Waals surface area contributed by atoms with Gasteiger partial charge in [0.05, 0.1) is 10.2 Å². The number of carbonyl (C=O) groups excluding carboxylic acids is 2. The van der Waals surface area contributed by atoms with Crippen molar-refractivity contribution in [3.8, 4) is 0 Å². The number of hydrogen-bond donors (Lipinski definition) is 1. The molecule has 146 valence electrons. The van der Waals surface area contributed by atoms with Crippen molar-refractivity contribution in [3.05, 3.63) is 54.1 Å². The third kappa shape index (κ3) is 5.81.